The minimum Gasteiger partial charge on any atom is -0.459 e. The van der Waals surface area contributed by atoms with Crippen LogP contribution < -0.4 is 15.7 Å². The molecule has 1 amide bonds. The summed E-state index contributed by atoms with van der Waals surface area (Å²) < 4.78 is 68.7. The van der Waals surface area contributed by atoms with E-state index in [4.69, 9.17) is 51.8 Å². The van der Waals surface area contributed by atoms with Crippen molar-refractivity contribution in [3.63, 3.8) is 0 Å². The number of azide groups is 2. The van der Waals surface area contributed by atoms with Crippen molar-refractivity contribution in [2.24, 2.45) is 10.2 Å². The molecule has 0 aliphatic carbocycles. The van der Waals surface area contributed by atoms with Crippen molar-refractivity contribution >= 4 is 54.6 Å². The normalized spacial score (nSPS) is 21.8. The van der Waals surface area contributed by atoms with E-state index in [2.05, 4.69) is 25.4 Å². The molecule has 2 saturated heterocycles. The summed E-state index contributed by atoms with van der Waals surface area (Å²) in [6, 6.07) is 47.0. The SMILES string of the molecule is CC(=O)O[C@@H]1[C@@H](N=[N+]=[N-])[C@@H](OC[C@H]2O[C@H](OC[C@H](NC(=O)OCc3ccccc3)C(=O)OCc3ccccc3)[C@H](N=[N+]=[N-])[C@@H](OC(=O)c3ccccc3)[C@H]2OC(=O)c2ccccc2)O[C@H](CO[Si](c2ccccc2)(c2ccccc2)C(C)(C)C)[C@@H]1OC(C)=O. The van der Waals surface area contributed by atoms with Crippen molar-refractivity contribution in [3.05, 3.63) is 225 Å². The molecule has 2 heterocycles. The Labute approximate surface area is 513 Å². The third-order valence-corrected chi connectivity index (χ3v) is 19.5. The van der Waals surface area contributed by atoms with E-state index in [-0.39, 0.29) is 30.9 Å². The minimum atomic E-state index is -3.42. The molecule has 464 valence electrons. The van der Waals surface area contributed by atoms with Crippen LogP contribution in [0.1, 0.15) is 66.5 Å². The highest BCUT2D eigenvalue weighted by molar-refractivity contribution is 6.99. The first-order valence-corrected chi connectivity index (χ1v) is 30.3. The second kappa shape index (κ2) is 31.5. The van der Waals surface area contributed by atoms with Gasteiger partial charge in [0.25, 0.3) is 8.32 Å². The molecular formula is C64H67N7O17Si. The Bertz CT molecular complexity index is 3380. The van der Waals surface area contributed by atoms with Crippen molar-refractivity contribution in [2.75, 3.05) is 19.8 Å². The van der Waals surface area contributed by atoms with Crippen molar-refractivity contribution in [1.29, 1.82) is 0 Å². The van der Waals surface area contributed by atoms with Crippen LogP contribution in [-0.4, -0.2) is 131 Å². The lowest BCUT2D eigenvalue weighted by atomic mass is 9.95. The molecule has 2 aliphatic heterocycles. The van der Waals surface area contributed by atoms with Crippen LogP contribution in [0.4, 0.5) is 4.79 Å². The fraction of sp³-hybridized carbons (Fsp3) is 0.344. The molecule has 0 spiro atoms. The zero-order chi connectivity index (χ0) is 63.3. The largest absolute Gasteiger partial charge is 0.459 e. The summed E-state index contributed by atoms with van der Waals surface area (Å²) in [5, 5.41) is 11.6. The predicted molar refractivity (Wildman–Crippen MR) is 321 cm³/mol. The molecule has 0 radical (unpaired) electrons. The number of nitrogens with one attached hydrogen (secondary N) is 1. The highest BCUT2D eigenvalue weighted by atomic mass is 28.4. The zero-order valence-corrected chi connectivity index (χ0v) is 50.3. The van der Waals surface area contributed by atoms with Crippen molar-refractivity contribution in [1.82, 2.24) is 5.32 Å². The molecule has 24 nitrogen and oxygen atoms in total. The summed E-state index contributed by atoms with van der Waals surface area (Å²) in [7, 11) is -3.42. The Kier molecular flexibility index (Phi) is 23.2. The summed E-state index contributed by atoms with van der Waals surface area (Å²) in [6.45, 7) is 6.08. The second-order valence-corrected chi connectivity index (χ2v) is 25.9. The number of ether oxygens (including phenoxy) is 10. The topological polar surface area (TPSA) is 314 Å². The van der Waals surface area contributed by atoms with Gasteiger partial charge in [-0.15, -0.1) is 0 Å². The summed E-state index contributed by atoms with van der Waals surface area (Å²) in [6.07, 6.45) is -14.4. The van der Waals surface area contributed by atoms with Gasteiger partial charge in [0.2, 0.25) is 0 Å². The smallest absolute Gasteiger partial charge is 0.408 e. The molecule has 2 aliphatic rings. The summed E-state index contributed by atoms with van der Waals surface area (Å²) >= 11 is 0. The molecule has 8 rings (SSSR count). The molecule has 25 heteroatoms. The zero-order valence-electron chi connectivity index (χ0n) is 49.3. The van der Waals surface area contributed by atoms with E-state index in [0.717, 1.165) is 24.2 Å². The molecule has 0 bridgehead atoms. The average molecular weight is 1230 g/mol. The van der Waals surface area contributed by atoms with Crippen LogP contribution in [0.2, 0.25) is 5.04 Å². The van der Waals surface area contributed by atoms with E-state index in [0.29, 0.717) is 11.1 Å². The maximum Gasteiger partial charge on any atom is 0.408 e. The second-order valence-electron chi connectivity index (χ2n) is 21.6. The van der Waals surface area contributed by atoms with E-state index in [1.54, 1.807) is 97.1 Å². The van der Waals surface area contributed by atoms with Crippen LogP contribution in [-0.2, 0) is 79.4 Å². The number of hydrogen-bond donors (Lipinski definition) is 1. The first kappa shape index (κ1) is 65.5. The third kappa shape index (κ3) is 17.2. The average Bonchev–Trinajstić information content (AvgIpc) is 1.13. The van der Waals surface area contributed by atoms with Gasteiger partial charge >= 0.3 is 35.9 Å². The summed E-state index contributed by atoms with van der Waals surface area (Å²) in [5.74, 6) is -4.63. The highest BCUT2D eigenvalue weighted by Gasteiger charge is 2.56. The van der Waals surface area contributed by atoms with Crippen LogP contribution in [0.15, 0.2) is 192 Å². The van der Waals surface area contributed by atoms with E-state index >= 15 is 0 Å². The molecule has 0 aromatic heterocycles. The Morgan fingerprint density at radius 2 is 0.921 bits per heavy atom. The van der Waals surface area contributed by atoms with Gasteiger partial charge in [-0.25, -0.2) is 19.2 Å². The summed E-state index contributed by atoms with van der Waals surface area (Å²) in [5.41, 5.74) is 21.7. The van der Waals surface area contributed by atoms with E-state index in [1.807, 2.05) is 81.4 Å². The van der Waals surface area contributed by atoms with Gasteiger partial charge in [0.05, 0.1) is 30.9 Å². The third-order valence-electron chi connectivity index (χ3n) is 14.5. The van der Waals surface area contributed by atoms with E-state index in [1.165, 1.54) is 24.3 Å². The fourth-order valence-electron chi connectivity index (χ4n) is 10.4. The molecule has 89 heavy (non-hydrogen) atoms. The maximum absolute atomic E-state index is 14.3. The predicted octanol–water partition coefficient (Wildman–Crippen LogP) is 8.76. The number of alkyl carbamates (subject to hydrolysis) is 1. The quantitative estimate of drug-likeness (QED) is 0.0140. The van der Waals surface area contributed by atoms with E-state index in [9.17, 15) is 39.8 Å². The monoisotopic (exact) mass is 1230 g/mol. The van der Waals surface area contributed by atoms with Crippen LogP contribution in [0.25, 0.3) is 20.9 Å². The molecule has 2 fully saturated rings. The van der Waals surface area contributed by atoms with Crippen LogP contribution in [0, 0.1) is 0 Å². The van der Waals surface area contributed by atoms with Crippen LogP contribution in [0.5, 0.6) is 0 Å². The number of nitrogens with zero attached hydrogens (tertiary/aromatic N) is 6. The first-order valence-electron chi connectivity index (χ1n) is 28.4. The lowest BCUT2D eigenvalue weighted by Gasteiger charge is -2.47. The standard InChI is InChI=1S/C64H67N7O17Si/c1-41(72)83-54-51(40-82-89(64(3,4)5,47-32-20-10-21-33-47)48-34-22-11-23-35-48)86-62(52(68-70-65)56(54)84-42(2)73)80-39-50-55(87-58(74)45-28-16-8-17-29-45)57(88-59(75)46-30-18-9-19-31-46)53(69-71-66)61(85-50)79-38-49(60(76)78-36-43-24-12-6-13-25-43)67-63(77)81-37-44-26-14-7-15-27-44/h6-35,49-57,61-62H,36-40H2,1-5H3,(H,67,77)/t49-,50+,51+,52+,53+,54-,55-,56+,57+,61-,62-/m0/s1. The van der Waals surface area contributed by atoms with Crippen molar-refractivity contribution in [2.45, 2.75) is 120 Å². The van der Waals surface area contributed by atoms with Gasteiger partial charge in [0, 0.05) is 23.7 Å². The Hall–Kier alpha value is -9.42. The fourth-order valence-corrected chi connectivity index (χ4v) is 15.0. The molecule has 6 aromatic carbocycles. The van der Waals surface area contributed by atoms with Gasteiger partial charge in [-0.3, -0.25) is 9.59 Å². The lowest BCUT2D eigenvalue weighted by molar-refractivity contribution is -0.300. The number of carbonyl (C=O) groups excluding carboxylic acids is 6. The number of amides is 1. The van der Waals surface area contributed by atoms with Gasteiger partial charge in [-0.1, -0.05) is 189 Å². The number of carbonyl (C=O) groups is 6. The Balaban J connectivity index is 1.18. The Morgan fingerprint density at radius 3 is 1.38 bits per heavy atom. The number of esters is 5. The molecule has 11 atom stereocenters. The number of hydrogen-bond acceptors (Lipinski definition) is 19. The Morgan fingerprint density at radius 1 is 0.528 bits per heavy atom. The van der Waals surface area contributed by atoms with Gasteiger partial charge in [0.15, 0.2) is 43.0 Å². The summed E-state index contributed by atoms with van der Waals surface area (Å²) in [4.78, 5) is 88.4. The molecule has 0 unspecified atom stereocenters. The van der Waals surface area contributed by atoms with Crippen LogP contribution >= 0.6 is 0 Å². The molecule has 0 saturated carbocycles. The molecular weight excluding hydrogens is 1170 g/mol. The van der Waals surface area contributed by atoms with Crippen molar-refractivity contribution in [3.8, 4) is 0 Å². The lowest BCUT2D eigenvalue weighted by Crippen LogP contribution is -2.68. The van der Waals surface area contributed by atoms with Crippen molar-refractivity contribution < 1.29 is 80.6 Å². The van der Waals surface area contributed by atoms with Gasteiger partial charge < -0.3 is 57.1 Å². The highest BCUT2D eigenvalue weighted by Crippen LogP contribution is 2.39. The van der Waals surface area contributed by atoms with Gasteiger partial charge in [-0.05, 0) is 61.9 Å². The van der Waals surface area contributed by atoms with Gasteiger partial charge in [-0.2, -0.15) is 0 Å². The van der Waals surface area contributed by atoms with Gasteiger partial charge in [0.1, 0.15) is 37.5 Å². The molecule has 6 aromatic rings. The molecule has 1 N–H and O–H groups in total. The van der Waals surface area contributed by atoms with E-state index < -0.39 is 130 Å². The first-order chi connectivity index (χ1) is 43.0. The number of benzene rings is 6. The number of rotatable bonds is 25. The maximum atomic E-state index is 14.3. The minimum absolute atomic E-state index is 0.0227. The van der Waals surface area contributed by atoms with Crippen LogP contribution in [0.3, 0.4) is 0 Å².